The van der Waals surface area contributed by atoms with Crippen LogP contribution in [-0.2, 0) is 0 Å². The standard InChI is InChI=1S/C21H18N2O/c1-13-4-7-16(8-5-13)20-11-18(19(12-22)21(24)23-20)17-9-6-14(2)10-15(17)3/h4-11H,1-3H3,(H,23,24). The average molecular weight is 314 g/mol. The molecule has 0 aliphatic rings. The molecular weight excluding hydrogens is 296 g/mol. The molecule has 3 rings (SSSR count). The van der Waals surface area contributed by atoms with E-state index in [9.17, 15) is 10.1 Å². The molecule has 3 aromatic rings. The van der Waals surface area contributed by atoms with Crippen molar-refractivity contribution in [2.24, 2.45) is 0 Å². The summed E-state index contributed by atoms with van der Waals surface area (Å²) < 4.78 is 0. The van der Waals surface area contributed by atoms with Crippen LogP contribution in [0, 0.1) is 32.1 Å². The van der Waals surface area contributed by atoms with E-state index in [1.807, 2.05) is 69.3 Å². The zero-order valence-electron chi connectivity index (χ0n) is 14.0. The molecule has 0 bridgehead atoms. The molecule has 0 saturated carbocycles. The van der Waals surface area contributed by atoms with Crippen molar-refractivity contribution >= 4 is 0 Å². The molecule has 0 amide bonds. The summed E-state index contributed by atoms with van der Waals surface area (Å²) in [4.78, 5) is 15.2. The van der Waals surface area contributed by atoms with Gasteiger partial charge < -0.3 is 4.98 Å². The van der Waals surface area contributed by atoms with Gasteiger partial charge in [0.1, 0.15) is 11.6 Å². The normalized spacial score (nSPS) is 10.4. The van der Waals surface area contributed by atoms with Crippen LogP contribution in [0.2, 0.25) is 0 Å². The molecule has 0 fully saturated rings. The first-order valence-corrected chi connectivity index (χ1v) is 7.81. The van der Waals surface area contributed by atoms with E-state index in [4.69, 9.17) is 0 Å². The van der Waals surface area contributed by atoms with E-state index < -0.39 is 0 Å². The van der Waals surface area contributed by atoms with E-state index in [1.165, 1.54) is 0 Å². The van der Waals surface area contributed by atoms with Gasteiger partial charge in [-0.1, -0.05) is 53.6 Å². The molecule has 1 N–H and O–H groups in total. The molecule has 118 valence electrons. The van der Waals surface area contributed by atoms with Crippen LogP contribution < -0.4 is 5.56 Å². The molecular formula is C21H18N2O. The number of aromatic amines is 1. The third-order valence-corrected chi connectivity index (χ3v) is 4.18. The second-order valence-electron chi connectivity index (χ2n) is 6.10. The Kier molecular flexibility index (Phi) is 4.05. The number of aromatic nitrogens is 1. The lowest BCUT2D eigenvalue weighted by Crippen LogP contribution is -2.13. The fraction of sp³-hybridized carbons (Fsp3) is 0.143. The maximum absolute atomic E-state index is 12.4. The highest BCUT2D eigenvalue weighted by Crippen LogP contribution is 2.29. The molecule has 0 saturated heterocycles. The second-order valence-corrected chi connectivity index (χ2v) is 6.10. The number of benzene rings is 2. The van der Waals surface area contributed by atoms with Gasteiger partial charge in [-0.25, -0.2) is 0 Å². The first-order valence-electron chi connectivity index (χ1n) is 7.81. The van der Waals surface area contributed by atoms with E-state index in [2.05, 4.69) is 11.1 Å². The van der Waals surface area contributed by atoms with Gasteiger partial charge in [-0.05, 0) is 43.5 Å². The Bertz CT molecular complexity index is 1010. The highest BCUT2D eigenvalue weighted by Gasteiger charge is 2.14. The smallest absolute Gasteiger partial charge is 0.266 e. The highest BCUT2D eigenvalue weighted by atomic mass is 16.1. The molecule has 3 nitrogen and oxygen atoms in total. The van der Waals surface area contributed by atoms with Crippen LogP contribution in [0.5, 0.6) is 0 Å². The summed E-state index contributed by atoms with van der Waals surface area (Å²) in [7, 11) is 0. The van der Waals surface area contributed by atoms with Crippen molar-refractivity contribution < 1.29 is 0 Å². The number of aryl methyl sites for hydroxylation is 3. The van der Waals surface area contributed by atoms with Crippen LogP contribution in [0.3, 0.4) is 0 Å². The minimum absolute atomic E-state index is 0.151. The monoisotopic (exact) mass is 314 g/mol. The van der Waals surface area contributed by atoms with Crippen LogP contribution in [0.4, 0.5) is 0 Å². The van der Waals surface area contributed by atoms with Crippen molar-refractivity contribution in [1.82, 2.24) is 4.98 Å². The van der Waals surface area contributed by atoms with E-state index in [-0.39, 0.29) is 11.1 Å². The maximum Gasteiger partial charge on any atom is 0.266 e. The van der Waals surface area contributed by atoms with Gasteiger partial charge >= 0.3 is 0 Å². The number of H-pyrrole nitrogens is 1. The van der Waals surface area contributed by atoms with Gasteiger partial charge in [0, 0.05) is 11.3 Å². The number of pyridine rings is 1. The molecule has 1 aromatic heterocycles. The summed E-state index contributed by atoms with van der Waals surface area (Å²) in [5.41, 5.74) is 6.38. The van der Waals surface area contributed by atoms with Crippen molar-refractivity contribution in [2.45, 2.75) is 20.8 Å². The first kappa shape index (κ1) is 15.8. The lowest BCUT2D eigenvalue weighted by atomic mass is 9.94. The Hall–Kier alpha value is -3.12. The molecule has 0 aliphatic heterocycles. The number of nitrogens with one attached hydrogen (secondary N) is 1. The number of hydrogen-bond donors (Lipinski definition) is 1. The Morgan fingerprint density at radius 1 is 0.875 bits per heavy atom. The zero-order valence-corrected chi connectivity index (χ0v) is 14.0. The molecule has 0 unspecified atom stereocenters. The van der Waals surface area contributed by atoms with Gasteiger partial charge in [-0.3, -0.25) is 4.79 Å². The Balaban J connectivity index is 2.27. The summed E-state index contributed by atoms with van der Waals surface area (Å²) in [6.45, 7) is 6.04. The summed E-state index contributed by atoms with van der Waals surface area (Å²) >= 11 is 0. The van der Waals surface area contributed by atoms with E-state index in [0.29, 0.717) is 11.3 Å². The van der Waals surface area contributed by atoms with Crippen LogP contribution >= 0.6 is 0 Å². The number of nitriles is 1. The van der Waals surface area contributed by atoms with Crippen molar-refractivity contribution in [3.05, 3.63) is 81.1 Å². The molecule has 24 heavy (non-hydrogen) atoms. The Labute approximate surface area is 141 Å². The molecule has 1 heterocycles. The third-order valence-electron chi connectivity index (χ3n) is 4.18. The van der Waals surface area contributed by atoms with Crippen molar-refractivity contribution in [3.63, 3.8) is 0 Å². The van der Waals surface area contributed by atoms with Gasteiger partial charge in [-0.15, -0.1) is 0 Å². The molecule has 0 atom stereocenters. The lowest BCUT2D eigenvalue weighted by Gasteiger charge is -2.11. The highest BCUT2D eigenvalue weighted by molar-refractivity contribution is 5.77. The van der Waals surface area contributed by atoms with E-state index in [0.717, 1.165) is 27.8 Å². The molecule has 0 radical (unpaired) electrons. The topological polar surface area (TPSA) is 56.6 Å². The van der Waals surface area contributed by atoms with Gasteiger partial charge in [0.15, 0.2) is 0 Å². The van der Waals surface area contributed by atoms with E-state index in [1.54, 1.807) is 0 Å². The first-order chi connectivity index (χ1) is 11.5. The zero-order chi connectivity index (χ0) is 17.3. The third kappa shape index (κ3) is 2.87. The Morgan fingerprint density at radius 3 is 2.17 bits per heavy atom. The maximum atomic E-state index is 12.4. The Morgan fingerprint density at radius 2 is 1.54 bits per heavy atom. The number of hydrogen-bond acceptors (Lipinski definition) is 2. The van der Waals surface area contributed by atoms with Gasteiger partial charge in [0.2, 0.25) is 0 Å². The fourth-order valence-electron chi connectivity index (χ4n) is 2.89. The minimum Gasteiger partial charge on any atom is -0.321 e. The van der Waals surface area contributed by atoms with Gasteiger partial charge in [0.25, 0.3) is 5.56 Å². The fourth-order valence-corrected chi connectivity index (χ4v) is 2.89. The number of nitrogens with zero attached hydrogens (tertiary/aromatic N) is 1. The predicted octanol–water partition coefficient (Wildman–Crippen LogP) is 4.51. The quantitative estimate of drug-likeness (QED) is 0.757. The van der Waals surface area contributed by atoms with Gasteiger partial charge in [-0.2, -0.15) is 5.26 Å². The second kappa shape index (κ2) is 6.17. The van der Waals surface area contributed by atoms with Crippen LogP contribution in [-0.4, -0.2) is 4.98 Å². The summed E-state index contributed by atoms with van der Waals surface area (Å²) in [6.07, 6.45) is 0. The SMILES string of the molecule is Cc1ccc(-c2cc(-c3ccc(C)cc3C)c(C#N)c(=O)[nH]2)cc1. The summed E-state index contributed by atoms with van der Waals surface area (Å²) in [5.74, 6) is 0. The summed E-state index contributed by atoms with van der Waals surface area (Å²) in [6, 6.07) is 17.9. The van der Waals surface area contributed by atoms with Crippen molar-refractivity contribution in [1.29, 1.82) is 5.26 Å². The minimum atomic E-state index is -0.356. The molecule has 0 spiro atoms. The van der Waals surface area contributed by atoms with Gasteiger partial charge in [0.05, 0.1) is 0 Å². The molecule has 3 heteroatoms. The number of rotatable bonds is 2. The largest absolute Gasteiger partial charge is 0.321 e. The van der Waals surface area contributed by atoms with Crippen LogP contribution in [0.15, 0.2) is 53.3 Å². The molecule has 2 aromatic carbocycles. The average Bonchev–Trinajstić information content (AvgIpc) is 2.55. The van der Waals surface area contributed by atoms with Crippen LogP contribution in [0.25, 0.3) is 22.4 Å². The van der Waals surface area contributed by atoms with E-state index >= 15 is 0 Å². The van der Waals surface area contributed by atoms with Crippen molar-refractivity contribution in [3.8, 4) is 28.5 Å². The van der Waals surface area contributed by atoms with Crippen LogP contribution in [0.1, 0.15) is 22.3 Å². The lowest BCUT2D eigenvalue weighted by molar-refractivity contribution is 1.21. The van der Waals surface area contributed by atoms with Crippen molar-refractivity contribution in [2.75, 3.05) is 0 Å². The molecule has 0 aliphatic carbocycles. The summed E-state index contributed by atoms with van der Waals surface area (Å²) in [5, 5.41) is 9.43. The predicted molar refractivity (Wildman–Crippen MR) is 96.9 cm³/mol.